The third-order valence-electron chi connectivity index (χ3n) is 6.96. The van der Waals surface area contributed by atoms with Gasteiger partial charge in [0.05, 0.1) is 0 Å². The van der Waals surface area contributed by atoms with Crippen molar-refractivity contribution in [3.8, 4) is 0 Å². The first-order chi connectivity index (χ1) is 10.7. The van der Waals surface area contributed by atoms with Crippen LogP contribution >= 0.6 is 23.5 Å². The van der Waals surface area contributed by atoms with Crippen LogP contribution in [0.4, 0.5) is 0 Å². The zero-order valence-corrected chi connectivity index (χ0v) is 16.3. The summed E-state index contributed by atoms with van der Waals surface area (Å²) in [7, 11) is 0. The summed E-state index contributed by atoms with van der Waals surface area (Å²) in [5.74, 6) is 4.31. The largest absolute Gasteiger partial charge is 0.316 e. The lowest BCUT2D eigenvalue weighted by molar-refractivity contribution is 0.138. The second-order valence-corrected chi connectivity index (χ2v) is 10.8. The highest BCUT2D eigenvalue weighted by atomic mass is 32.2. The molecular formula is C19H35NS2. The molecule has 3 fully saturated rings. The zero-order valence-electron chi connectivity index (χ0n) is 14.7. The number of nitrogens with one attached hydrogen (secondary N) is 1. The van der Waals surface area contributed by atoms with Crippen LogP contribution in [0.1, 0.15) is 71.6 Å². The molecule has 3 heterocycles. The highest BCUT2D eigenvalue weighted by Gasteiger charge is 2.41. The summed E-state index contributed by atoms with van der Waals surface area (Å²) in [5, 5.41) is 3.49. The van der Waals surface area contributed by atoms with Crippen LogP contribution in [0.3, 0.4) is 0 Å². The van der Waals surface area contributed by atoms with E-state index in [-0.39, 0.29) is 0 Å². The fourth-order valence-electron chi connectivity index (χ4n) is 4.48. The van der Waals surface area contributed by atoms with Gasteiger partial charge in [-0.25, -0.2) is 0 Å². The minimum Gasteiger partial charge on any atom is -0.316 e. The van der Waals surface area contributed by atoms with Gasteiger partial charge in [-0.15, -0.1) is 0 Å². The molecule has 1 atom stereocenters. The summed E-state index contributed by atoms with van der Waals surface area (Å²) in [6.45, 7) is 7.35. The lowest BCUT2D eigenvalue weighted by Gasteiger charge is -2.46. The van der Waals surface area contributed by atoms with E-state index in [2.05, 4.69) is 42.7 Å². The van der Waals surface area contributed by atoms with Gasteiger partial charge in [-0.2, -0.15) is 23.5 Å². The standard InChI is InChI=1S/C19H35NS2/c1-3-17(13-20-14-17)7-5-9-19(11-12-22-19)10-6-8-18(4-2)15-21-16-18/h20H,3-16H2,1-2H3. The first-order valence-corrected chi connectivity index (χ1v) is 11.7. The lowest BCUT2D eigenvalue weighted by Crippen LogP contribution is -2.53. The third-order valence-corrected chi connectivity index (χ3v) is 10.2. The van der Waals surface area contributed by atoms with E-state index < -0.39 is 0 Å². The van der Waals surface area contributed by atoms with Crippen LogP contribution in [-0.2, 0) is 0 Å². The summed E-state index contributed by atoms with van der Waals surface area (Å²) < 4.78 is 0.692. The van der Waals surface area contributed by atoms with E-state index in [0.29, 0.717) is 10.2 Å². The predicted molar refractivity (Wildman–Crippen MR) is 103 cm³/mol. The lowest BCUT2D eigenvalue weighted by atomic mass is 9.74. The molecule has 3 heteroatoms. The minimum atomic E-state index is 0.672. The van der Waals surface area contributed by atoms with Gasteiger partial charge in [0.1, 0.15) is 0 Å². The van der Waals surface area contributed by atoms with Crippen LogP contribution in [0.2, 0.25) is 0 Å². The van der Waals surface area contributed by atoms with Gasteiger partial charge in [0.25, 0.3) is 0 Å². The van der Waals surface area contributed by atoms with Crippen molar-refractivity contribution in [3.63, 3.8) is 0 Å². The normalized spacial score (nSPS) is 31.9. The molecule has 3 aliphatic heterocycles. The van der Waals surface area contributed by atoms with E-state index in [9.17, 15) is 0 Å². The molecule has 22 heavy (non-hydrogen) atoms. The molecule has 128 valence electrons. The number of hydrogen-bond donors (Lipinski definition) is 1. The topological polar surface area (TPSA) is 12.0 Å². The van der Waals surface area contributed by atoms with Gasteiger partial charge in [-0.3, -0.25) is 0 Å². The summed E-state index contributed by atoms with van der Waals surface area (Å²) >= 11 is 4.46. The molecule has 0 saturated carbocycles. The quantitative estimate of drug-likeness (QED) is 0.575. The molecule has 1 N–H and O–H groups in total. The first kappa shape index (κ1) is 17.5. The van der Waals surface area contributed by atoms with Crippen LogP contribution in [-0.4, -0.2) is 35.1 Å². The molecule has 0 bridgehead atoms. The van der Waals surface area contributed by atoms with Crippen molar-refractivity contribution in [2.45, 2.75) is 76.4 Å². The van der Waals surface area contributed by atoms with E-state index in [1.54, 1.807) is 0 Å². The Balaban J connectivity index is 1.38. The van der Waals surface area contributed by atoms with E-state index in [4.69, 9.17) is 0 Å². The second kappa shape index (κ2) is 7.27. The molecule has 1 nitrogen and oxygen atoms in total. The molecule has 0 aromatic heterocycles. The Kier molecular flexibility index (Phi) is 5.78. The summed E-state index contributed by atoms with van der Waals surface area (Å²) in [4.78, 5) is 0. The van der Waals surface area contributed by atoms with E-state index in [1.165, 1.54) is 88.1 Å². The Labute approximate surface area is 146 Å². The molecule has 0 aromatic carbocycles. The van der Waals surface area contributed by atoms with E-state index in [0.717, 1.165) is 5.41 Å². The average Bonchev–Trinajstić information content (AvgIpc) is 2.41. The van der Waals surface area contributed by atoms with E-state index in [1.807, 2.05) is 0 Å². The van der Waals surface area contributed by atoms with Crippen LogP contribution in [0.5, 0.6) is 0 Å². The highest BCUT2D eigenvalue weighted by Crippen LogP contribution is 2.51. The van der Waals surface area contributed by atoms with Crippen molar-refractivity contribution in [3.05, 3.63) is 0 Å². The minimum absolute atomic E-state index is 0.672. The predicted octanol–water partition coefficient (Wildman–Crippen LogP) is 5.35. The van der Waals surface area contributed by atoms with Gasteiger partial charge in [-0.05, 0) is 73.0 Å². The number of hydrogen-bond acceptors (Lipinski definition) is 3. The van der Waals surface area contributed by atoms with Crippen molar-refractivity contribution in [1.29, 1.82) is 0 Å². The molecule has 0 radical (unpaired) electrons. The third kappa shape index (κ3) is 3.67. The highest BCUT2D eigenvalue weighted by molar-refractivity contribution is 8.02. The maximum absolute atomic E-state index is 3.49. The van der Waals surface area contributed by atoms with Crippen molar-refractivity contribution in [2.24, 2.45) is 10.8 Å². The van der Waals surface area contributed by atoms with Crippen molar-refractivity contribution < 1.29 is 0 Å². The van der Waals surface area contributed by atoms with Gasteiger partial charge in [0.2, 0.25) is 0 Å². The van der Waals surface area contributed by atoms with Gasteiger partial charge in [0, 0.05) is 17.8 Å². The van der Waals surface area contributed by atoms with Crippen LogP contribution in [0.25, 0.3) is 0 Å². The number of rotatable bonds is 10. The molecule has 0 amide bonds. The maximum atomic E-state index is 3.49. The monoisotopic (exact) mass is 341 g/mol. The van der Waals surface area contributed by atoms with E-state index >= 15 is 0 Å². The molecular weight excluding hydrogens is 306 g/mol. The van der Waals surface area contributed by atoms with Gasteiger partial charge in [-0.1, -0.05) is 26.7 Å². The Bertz CT molecular complexity index is 315. The molecule has 3 rings (SSSR count). The summed E-state index contributed by atoms with van der Waals surface area (Å²) in [6.07, 6.45) is 13.2. The Hall–Kier alpha value is 0.660. The Morgan fingerprint density at radius 2 is 1.45 bits per heavy atom. The zero-order chi connectivity index (χ0) is 15.5. The maximum Gasteiger partial charge on any atom is 0.0168 e. The Morgan fingerprint density at radius 1 is 0.864 bits per heavy atom. The summed E-state index contributed by atoms with van der Waals surface area (Å²) in [5.41, 5.74) is 1.41. The smallest absolute Gasteiger partial charge is 0.0168 e. The number of thioether (sulfide) groups is 2. The first-order valence-electron chi connectivity index (χ1n) is 9.58. The van der Waals surface area contributed by atoms with Crippen LogP contribution in [0, 0.1) is 10.8 Å². The summed E-state index contributed by atoms with van der Waals surface area (Å²) in [6, 6.07) is 0. The molecule has 3 aliphatic rings. The second-order valence-electron chi connectivity index (χ2n) is 8.29. The van der Waals surface area contributed by atoms with Crippen molar-refractivity contribution in [1.82, 2.24) is 5.32 Å². The van der Waals surface area contributed by atoms with Gasteiger partial charge in [0.15, 0.2) is 0 Å². The fraction of sp³-hybridized carbons (Fsp3) is 1.00. The molecule has 0 aliphatic carbocycles. The van der Waals surface area contributed by atoms with Crippen molar-refractivity contribution in [2.75, 3.05) is 30.3 Å². The molecule has 3 saturated heterocycles. The average molecular weight is 342 g/mol. The SMILES string of the molecule is CCC1(CCCC2(CCCC3(CC)CSC3)CCS2)CNC1. The van der Waals surface area contributed by atoms with Gasteiger partial charge >= 0.3 is 0 Å². The molecule has 0 spiro atoms. The van der Waals surface area contributed by atoms with Crippen molar-refractivity contribution >= 4 is 23.5 Å². The Morgan fingerprint density at radius 3 is 1.77 bits per heavy atom. The van der Waals surface area contributed by atoms with Crippen LogP contribution < -0.4 is 5.32 Å². The molecule has 1 unspecified atom stereocenters. The van der Waals surface area contributed by atoms with Gasteiger partial charge < -0.3 is 5.32 Å². The fourth-order valence-corrected chi connectivity index (χ4v) is 7.32. The molecule has 0 aromatic rings. The van der Waals surface area contributed by atoms with Crippen LogP contribution in [0.15, 0.2) is 0 Å².